The predicted molar refractivity (Wildman–Crippen MR) is 71.5 cm³/mol. The van der Waals surface area contributed by atoms with Crippen LogP contribution in [0.15, 0.2) is 55.4 Å². The number of hydrogen-bond donors (Lipinski definition) is 2. The minimum atomic E-state index is 0.712. The molecule has 0 spiro atoms. The van der Waals surface area contributed by atoms with Crippen LogP contribution >= 0.6 is 11.6 Å². The first-order chi connectivity index (χ1) is 8.25. The van der Waals surface area contributed by atoms with E-state index < -0.39 is 0 Å². The highest BCUT2D eigenvalue weighted by Crippen LogP contribution is 2.13. The van der Waals surface area contributed by atoms with Crippen LogP contribution in [0.2, 0.25) is 5.02 Å². The van der Waals surface area contributed by atoms with E-state index in [-0.39, 0.29) is 0 Å². The summed E-state index contributed by atoms with van der Waals surface area (Å²) >= 11 is 5.80. The van der Waals surface area contributed by atoms with E-state index >= 15 is 0 Å². The topological polar surface area (TPSA) is 37.0 Å². The van der Waals surface area contributed by atoms with Gasteiger partial charge in [0, 0.05) is 23.0 Å². The zero-order valence-electron chi connectivity index (χ0n) is 9.15. The molecule has 0 fully saturated rings. The summed E-state index contributed by atoms with van der Waals surface area (Å²) in [6.07, 6.45) is 3.45. The summed E-state index contributed by atoms with van der Waals surface area (Å²) in [5.74, 6) is 0. The third-order valence-corrected chi connectivity index (χ3v) is 2.48. The van der Waals surface area contributed by atoms with Crippen LogP contribution < -0.4 is 10.9 Å². The van der Waals surface area contributed by atoms with Gasteiger partial charge in [-0.2, -0.15) is 0 Å². The minimum absolute atomic E-state index is 0.712. The molecule has 0 saturated carbocycles. The molecule has 2 rings (SSSR count). The van der Waals surface area contributed by atoms with E-state index in [1.165, 1.54) is 0 Å². The molecular formula is C13H12ClN3. The number of nitrogens with one attached hydrogen (secondary N) is 2. The first kappa shape index (κ1) is 11.5. The number of hydrazine groups is 1. The van der Waals surface area contributed by atoms with Gasteiger partial charge in [0.05, 0.1) is 11.4 Å². The molecule has 17 heavy (non-hydrogen) atoms. The summed E-state index contributed by atoms with van der Waals surface area (Å²) in [5, 5.41) is 0.712. The van der Waals surface area contributed by atoms with Gasteiger partial charge >= 0.3 is 0 Å². The molecule has 0 unspecified atom stereocenters. The van der Waals surface area contributed by atoms with Gasteiger partial charge in [0.25, 0.3) is 0 Å². The third kappa shape index (κ3) is 3.23. The Bertz CT molecular complexity index is 494. The number of benzene rings is 1. The fourth-order valence-corrected chi connectivity index (χ4v) is 1.43. The van der Waals surface area contributed by atoms with Gasteiger partial charge in [0.2, 0.25) is 0 Å². The Kier molecular flexibility index (Phi) is 3.62. The molecule has 0 amide bonds. The Balaban J connectivity index is 1.95. The lowest BCUT2D eigenvalue weighted by atomic mass is 10.2. The second-order valence-corrected chi connectivity index (χ2v) is 3.91. The van der Waals surface area contributed by atoms with E-state index in [0.29, 0.717) is 5.02 Å². The molecule has 0 aliphatic carbocycles. The van der Waals surface area contributed by atoms with E-state index in [1.54, 1.807) is 12.4 Å². The SMILES string of the molecule is C=C(NNc1ccc(Cl)cc1)c1ccncc1. The summed E-state index contributed by atoms with van der Waals surface area (Å²) in [7, 11) is 0. The van der Waals surface area contributed by atoms with Gasteiger partial charge in [-0.15, -0.1) is 0 Å². The fourth-order valence-electron chi connectivity index (χ4n) is 1.31. The van der Waals surface area contributed by atoms with E-state index in [2.05, 4.69) is 22.4 Å². The lowest BCUT2D eigenvalue weighted by molar-refractivity contribution is 1.08. The lowest BCUT2D eigenvalue weighted by Gasteiger charge is -2.12. The number of pyridine rings is 1. The van der Waals surface area contributed by atoms with Crippen molar-refractivity contribution in [3.05, 3.63) is 66.0 Å². The zero-order chi connectivity index (χ0) is 12.1. The first-order valence-electron chi connectivity index (χ1n) is 5.12. The highest BCUT2D eigenvalue weighted by atomic mass is 35.5. The Hall–Kier alpha value is -2.00. The van der Waals surface area contributed by atoms with Gasteiger partial charge in [-0.05, 0) is 36.4 Å². The molecule has 0 atom stereocenters. The van der Waals surface area contributed by atoms with Crippen molar-refractivity contribution >= 4 is 23.0 Å². The normalized spacial score (nSPS) is 9.71. The quantitative estimate of drug-likeness (QED) is 0.812. The van der Waals surface area contributed by atoms with Crippen LogP contribution in [-0.4, -0.2) is 4.98 Å². The zero-order valence-corrected chi connectivity index (χ0v) is 9.91. The van der Waals surface area contributed by atoms with Crippen molar-refractivity contribution in [2.45, 2.75) is 0 Å². The van der Waals surface area contributed by atoms with Gasteiger partial charge in [0.15, 0.2) is 0 Å². The van der Waals surface area contributed by atoms with Crippen LogP contribution in [0.25, 0.3) is 5.70 Å². The van der Waals surface area contributed by atoms with Crippen LogP contribution in [0.4, 0.5) is 5.69 Å². The summed E-state index contributed by atoms with van der Waals surface area (Å²) in [5.41, 5.74) is 8.75. The molecule has 0 aliphatic rings. The van der Waals surface area contributed by atoms with E-state index in [9.17, 15) is 0 Å². The molecular weight excluding hydrogens is 234 g/mol. The summed E-state index contributed by atoms with van der Waals surface area (Å²) in [6.45, 7) is 3.93. The van der Waals surface area contributed by atoms with Crippen molar-refractivity contribution in [1.82, 2.24) is 10.4 Å². The van der Waals surface area contributed by atoms with Crippen LogP contribution in [0.1, 0.15) is 5.56 Å². The number of rotatable bonds is 4. The molecule has 1 aromatic carbocycles. The molecule has 2 aromatic rings. The van der Waals surface area contributed by atoms with E-state index in [1.807, 2.05) is 36.4 Å². The molecule has 1 heterocycles. The van der Waals surface area contributed by atoms with Gasteiger partial charge in [-0.1, -0.05) is 18.2 Å². The number of nitrogens with zero attached hydrogens (tertiary/aromatic N) is 1. The molecule has 4 heteroatoms. The van der Waals surface area contributed by atoms with Gasteiger partial charge in [-0.3, -0.25) is 4.98 Å². The maximum absolute atomic E-state index is 5.80. The van der Waals surface area contributed by atoms with Crippen molar-refractivity contribution in [3.63, 3.8) is 0 Å². The van der Waals surface area contributed by atoms with Crippen molar-refractivity contribution < 1.29 is 0 Å². The highest BCUT2D eigenvalue weighted by Gasteiger charge is 1.97. The van der Waals surface area contributed by atoms with Crippen LogP contribution in [0.5, 0.6) is 0 Å². The Morgan fingerprint density at radius 3 is 2.35 bits per heavy atom. The van der Waals surface area contributed by atoms with Crippen molar-refractivity contribution in [2.24, 2.45) is 0 Å². The molecule has 1 aromatic heterocycles. The largest absolute Gasteiger partial charge is 0.301 e. The molecule has 0 bridgehead atoms. The predicted octanol–water partition coefficient (Wildman–Crippen LogP) is 3.32. The smallest absolute Gasteiger partial charge is 0.0541 e. The van der Waals surface area contributed by atoms with E-state index in [4.69, 9.17) is 11.6 Å². The van der Waals surface area contributed by atoms with Crippen LogP contribution in [-0.2, 0) is 0 Å². The Morgan fingerprint density at radius 2 is 1.71 bits per heavy atom. The maximum atomic E-state index is 5.80. The van der Waals surface area contributed by atoms with Crippen molar-refractivity contribution in [3.8, 4) is 0 Å². The first-order valence-corrected chi connectivity index (χ1v) is 5.50. The molecule has 3 nitrogen and oxygen atoms in total. The lowest BCUT2D eigenvalue weighted by Crippen LogP contribution is -2.19. The second kappa shape index (κ2) is 5.37. The number of aromatic nitrogens is 1. The molecule has 0 radical (unpaired) electrons. The van der Waals surface area contributed by atoms with Crippen LogP contribution in [0, 0.1) is 0 Å². The molecule has 2 N–H and O–H groups in total. The van der Waals surface area contributed by atoms with Gasteiger partial charge in [0.1, 0.15) is 0 Å². The van der Waals surface area contributed by atoms with Crippen molar-refractivity contribution in [2.75, 3.05) is 5.43 Å². The molecule has 0 aliphatic heterocycles. The minimum Gasteiger partial charge on any atom is -0.301 e. The Morgan fingerprint density at radius 1 is 1.06 bits per heavy atom. The standard InChI is InChI=1S/C13H12ClN3/c1-10(11-6-8-15-9-7-11)16-17-13-4-2-12(14)3-5-13/h2-9,16-17H,1H2. The Labute approximate surface area is 105 Å². The van der Waals surface area contributed by atoms with Gasteiger partial charge in [-0.25, -0.2) is 0 Å². The average molecular weight is 246 g/mol. The molecule has 86 valence electrons. The number of hydrogen-bond acceptors (Lipinski definition) is 3. The number of anilines is 1. The van der Waals surface area contributed by atoms with Crippen molar-refractivity contribution in [1.29, 1.82) is 0 Å². The highest BCUT2D eigenvalue weighted by molar-refractivity contribution is 6.30. The summed E-state index contributed by atoms with van der Waals surface area (Å²) in [6, 6.07) is 11.2. The summed E-state index contributed by atoms with van der Waals surface area (Å²) in [4.78, 5) is 3.95. The fraction of sp³-hybridized carbons (Fsp3) is 0. The average Bonchev–Trinajstić information content (AvgIpc) is 2.39. The monoisotopic (exact) mass is 245 g/mol. The third-order valence-electron chi connectivity index (χ3n) is 2.23. The molecule has 0 saturated heterocycles. The van der Waals surface area contributed by atoms with E-state index in [0.717, 1.165) is 16.9 Å². The van der Waals surface area contributed by atoms with Gasteiger partial charge < -0.3 is 10.9 Å². The maximum Gasteiger partial charge on any atom is 0.0541 e. The number of halogens is 1. The second-order valence-electron chi connectivity index (χ2n) is 3.47. The van der Waals surface area contributed by atoms with Crippen LogP contribution in [0.3, 0.4) is 0 Å². The summed E-state index contributed by atoms with van der Waals surface area (Å²) < 4.78 is 0.